The lowest BCUT2D eigenvalue weighted by Gasteiger charge is -2.15. The highest BCUT2D eigenvalue weighted by Gasteiger charge is 2.15. The number of anilines is 1. The molecule has 2 rings (SSSR count). The van der Waals surface area contributed by atoms with E-state index in [0.29, 0.717) is 6.04 Å². The van der Waals surface area contributed by atoms with Crippen LogP contribution in [0.15, 0.2) is 29.2 Å². The third kappa shape index (κ3) is 4.21. The number of benzene rings is 1. The van der Waals surface area contributed by atoms with Crippen molar-refractivity contribution in [1.82, 2.24) is 0 Å². The minimum atomic E-state index is 0.350. The summed E-state index contributed by atoms with van der Waals surface area (Å²) < 4.78 is 5.12. The summed E-state index contributed by atoms with van der Waals surface area (Å²) in [5, 5.41) is 4.27. The van der Waals surface area contributed by atoms with Gasteiger partial charge in [-0.15, -0.1) is 11.8 Å². The van der Waals surface area contributed by atoms with Gasteiger partial charge in [-0.05, 0) is 44.0 Å². The van der Waals surface area contributed by atoms with Crippen molar-refractivity contribution in [1.29, 1.82) is 0 Å². The average Bonchev–Trinajstić information content (AvgIpc) is 2.85. The van der Waals surface area contributed by atoms with Crippen LogP contribution in [0.5, 0.6) is 0 Å². The summed E-state index contributed by atoms with van der Waals surface area (Å²) in [6.45, 7) is 2.86. The molecule has 0 aliphatic heterocycles. The molecule has 0 spiro atoms. The highest BCUT2D eigenvalue weighted by Crippen LogP contribution is 2.34. The third-order valence-electron chi connectivity index (χ3n) is 3.29. The van der Waals surface area contributed by atoms with Crippen LogP contribution in [0, 0.1) is 0 Å². The molecule has 1 aliphatic rings. The maximum absolute atomic E-state index is 5.12. The van der Waals surface area contributed by atoms with Gasteiger partial charge in [0.25, 0.3) is 0 Å². The molecule has 0 amide bonds. The van der Waals surface area contributed by atoms with Gasteiger partial charge in [0.1, 0.15) is 0 Å². The monoisotopic (exact) mass is 265 g/mol. The van der Waals surface area contributed by atoms with Crippen LogP contribution in [0.3, 0.4) is 0 Å². The van der Waals surface area contributed by atoms with Crippen molar-refractivity contribution >= 4 is 17.4 Å². The molecule has 1 N–H and O–H groups in total. The number of ether oxygens (including phenoxy) is 1. The van der Waals surface area contributed by atoms with Crippen LogP contribution in [0.25, 0.3) is 0 Å². The normalized spacial score (nSPS) is 17.9. The molecule has 18 heavy (non-hydrogen) atoms. The first-order valence-electron chi connectivity index (χ1n) is 6.80. The highest BCUT2D eigenvalue weighted by molar-refractivity contribution is 8.00. The average molecular weight is 265 g/mol. The Balaban J connectivity index is 1.84. The van der Waals surface area contributed by atoms with E-state index in [2.05, 4.69) is 36.5 Å². The Morgan fingerprint density at radius 1 is 1.28 bits per heavy atom. The number of rotatable bonds is 6. The van der Waals surface area contributed by atoms with Gasteiger partial charge >= 0.3 is 0 Å². The summed E-state index contributed by atoms with van der Waals surface area (Å²) in [6.07, 6.45) is 5.59. The van der Waals surface area contributed by atoms with E-state index in [-0.39, 0.29) is 0 Å². The lowest BCUT2D eigenvalue weighted by Crippen LogP contribution is -2.20. The van der Waals surface area contributed by atoms with E-state index < -0.39 is 0 Å². The molecule has 1 aromatic rings. The van der Waals surface area contributed by atoms with Crippen LogP contribution >= 0.6 is 11.8 Å². The lowest BCUT2D eigenvalue weighted by molar-refractivity contribution is 0.190. The quantitative estimate of drug-likeness (QED) is 0.834. The summed E-state index contributed by atoms with van der Waals surface area (Å²) in [5.74, 6) is 0. The van der Waals surface area contributed by atoms with Gasteiger partial charge in [-0.2, -0.15) is 0 Å². The molecule has 1 fully saturated rings. The van der Waals surface area contributed by atoms with Crippen LogP contribution < -0.4 is 5.32 Å². The molecule has 0 heterocycles. The van der Waals surface area contributed by atoms with Gasteiger partial charge in [-0.3, -0.25) is 0 Å². The Bertz CT molecular complexity index is 346. The van der Waals surface area contributed by atoms with E-state index in [4.69, 9.17) is 4.74 Å². The molecule has 0 aromatic heterocycles. The molecule has 2 nitrogen and oxygen atoms in total. The molecule has 100 valence electrons. The first kappa shape index (κ1) is 13.8. The maximum atomic E-state index is 5.12. The predicted octanol–water partition coefficient (Wildman–Crippen LogP) is 4.17. The summed E-state index contributed by atoms with van der Waals surface area (Å²) in [5.41, 5.74) is 1.18. The van der Waals surface area contributed by atoms with Crippen LogP contribution in [0.1, 0.15) is 32.6 Å². The molecular weight excluding hydrogens is 242 g/mol. The Morgan fingerprint density at radius 2 is 1.94 bits per heavy atom. The minimum absolute atomic E-state index is 0.350. The number of methoxy groups -OCH3 is 1. The second-order valence-corrected chi connectivity index (χ2v) is 6.42. The summed E-state index contributed by atoms with van der Waals surface area (Å²) in [6, 6.07) is 9.14. The highest BCUT2D eigenvalue weighted by atomic mass is 32.2. The van der Waals surface area contributed by atoms with E-state index in [9.17, 15) is 0 Å². The lowest BCUT2D eigenvalue weighted by atomic mass is 10.3. The van der Waals surface area contributed by atoms with Gasteiger partial charge in [-0.25, -0.2) is 0 Å². The van der Waals surface area contributed by atoms with E-state index in [1.54, 1.807) is 7.11 Å². The van der Waals surface area contributed by atoms with Crippen LogP contribution in [0.4, 0.5) is 5.69 Å². The molecule has 0 saturated heterocycles. The summed E-state index contributed by atoms with van der Waals surface area (Å²) in [7, 11) is 1.74. The summed E-state index contributed by atoms with van der Waals surface area (Å²) in [4.78, 5) is 1.40. The fourth-order valence-corrected chi connectivity index (χ4v) is 3.65. The van der Waals surface area contributed by atoms with E-state index in [0.717, 1.165) is 11.9 Å². The van der Waals surface area contributed by atoms with E-state index in [1.165, 1.54) is 36.3 Å². The topological polar surface area (TPSA) is 21.3 Å². The Kier molecular flexibility index (Phi) is 5.39. The first-order chi connectivity index (χ1) is 8.78. The van der Waals surface area contributed by atoms with Gasteiger partial charge in [0.05, 0.1) is 6.61 Å². The summed E-state index contributed by atoms with van der Waals surface area (Å²) >= 11 is 2.04. The third-order valence-corrected chi connectivity index (χ3v) is 4.64. The Hall–Kier alpha value is -0.670. The molecule has 0 bridgehead atoms. The largest absolute Gasteiger partial charge is 0.383 e. The van der Waals surface area contributed by atoms with Crippen molar-refractivity contribution < 1.29 is 4.74 Å². The fraction of sp³-hybridized carbons (Fsp3) is 0.600. The second kappa shape index (κ2) is 7.05. The van der Waals surface area contributed by atoms with Crippen LogP contribution in [-0.4, -0.2) is 25.0 Å². The predicted molar refractivity (Wildman–Crippen MR) is 79.5 cm³/mol. The van der Waals surface area contributed by atoms with Crippen molar-refractivity contribution in [2.24, 2.45) is 0 Å². The van der Waals surface area contributed by atoms with Crippen molar-refractivity contribution in [3.05, 3.63) is 24.3 Å². The van der Waals surface area contributed by atoms with E-state index >= 15 is 0 Å². The molecule has 1 aromatic carbocycles. The van der Waals surface area contributed by atoms with Gasteiger partial charge in [0.2, 0.25) is 0 Å². The van der Waals surface area contributed by atoms with Crippen LogP contribution in [0.2, 0.25) is 0 Å². The fourth-order valence-electron chi connectivity index (χ4n) is 2.40. The zero-order valence-electron chi connectivity index (χ0n) is 11.3. The molecule has 1 saturated carbocycles. The molecule has 1 unspecified atom stereocenters. The molecule has 0 radical (unpaired) electrons. The standard InChI is InChI=1S/C15H23NOS/c1-12(11-17-2)16-13-7-9-15(10-8-13)18-14-5-3-4-6-14/h7-10,12,14,16H,3-6,11H2,1-2H3. The number of thioether (sulfide) groups is 1. The maximum Gasteiger partial charge on any atom is 0.0661 e. The zero-order valence-corrected chi connectivity index (χ0v) is 12.1. The molecule has 3 heteroatoms. The smallest absolute Gasteiger partial charge is 0.0661 e. The Morgan fingerprint density at radius 3 is 2.56 bits per heavy atom. The molecular formula is C15H23NOS. The van der Waals surface area contributed by atoms with Gasteiger partial charge < -0.3 is 10.1 Å². The van der Waals surface area contributed by atoms with Gasteiger partial charge in [0, 0.05) is 29.0 Å². The number of hydrogen-bond donors (Lipinski definition) is 1. The van der Waals surface area contributed by atoms with Gasteiger partial charge in [-0.1, -0.05) is 12.8 Å². The van der Waals surface area contributed by atoms with Crippen molar-refractivity contribution in [3.63, 3.8) is 0 Å². The minimum Gasteiger partial charge on any atom is -0.383 e. The number of nitrogens with one attached hydrogen (secondary N) is 1. The first-order valence-corrected chi connectivity index (χ1v) is 7.68. The molecule has 1 atom stereocenters. The zero-order chi connectivity index (χ0) is 12.8. The number of hydrogen-bond acceptors (Lipinski definition) is 3. The van der Waals surface area contributed by atoms with Crippen molar-refractivity contribution in [3.8, 4) is 0 Å². The Labute approximate surface area is 114 Å². The SMILES string of the molecule is COCC(C)Nc1ccc(SC2CCCC2)cc1. The van der Waals surface area contributed by atoms with Gasteiger partial charge in [0.15, 0.2) is 0 Å². The van der Waals surface area contributed by atoms with Crippen LogP contribution in [-0.2, 0) is 4.74 Å². The second-order valence-electron chi connectivity index (χ2n) is 5.05. The van der Waals surface area contributed by atoms with Crippen molar-refractivity contribution in [2.75, 3.05) is 19.0 Å². The van der Waals surface area contributed by atoms with E-state index in [1.807, 2.05) is 11.8 Å². The van der Waals surface area contributed by atoms with Crippen molar-refractivity contribution in [2.45, 2.75) is 48.8 Å². The molecule has 1 aliphatic carbocycles.